The summed E-state index contributed by atoms with van der Waals surface area (Å²) in [6.07, 6.45) is 0.821. The maximum Gasteiger partial charge on any atom is 0.137 e. The molecule has 0 N–H and O–H groups in total. The van der Waals surface area contributed by atoms with Gasteiger partial charge in [-0.05, 0) is 52.5 Å². The van der Waals surface area contributed by atoms with Gasteiger partial charge < -0.3 is 4.74 Å². The molecule has 0 bridgehead atoms. The second-order valence-corrected chi connectivity index (χ2v) is 3.79. The van der Waals surface area contributed by atoms with Gasteiger partial charge in [0.05, 0.1) is 11.1 Å². The molecule has 1 aromatic rings. The van der Waals surface area contributed by atoms with E-state index in [1.165, 1.54) is 6.07 Å². The van der Waals surface area contributed by atoms with Crippen molar-refractivity contribution in [2.75, 3.05) is 13.7 Å². The zero-order valence-corrected chi connectivity index (χ0v) is 9.32. The number of hydrogen-bond acceptors (Lipinski definition) is 1. The van der Waals surface area contributed by atoms with Gasteiger partial charge >= 0.3 is 0 Å². The smallest absolute Gasteiger partial charge is 0.137 e. The lowest BCUT2D eigenvalue weighted by atomic mass is 10.1. The fourth-order valence-electron chi connectivity index (χ4n) is 1.17. The maximum absolute atomic E-state index is 13.0. The van der Waals surface area contributed by atoms with E-state index in [9.17, 15) is 4.39 Å². The lowest BCUT2D eigenvalue weighted by Crippen LogP contribution is -1.98. The van der Waals surface area contributed by atoms with E-state index in [4.69, 9.17) is 4.74 Å². The van der Waals surface area contributed by atoms with Crippen LogP contribution in [0.1, 0.15) is 11.1 Å². The molecule has 0 saturated carbocycles. The van der Waals surface area contributed by atoms with Gasteiger partial charge in [0.2, 0.25) is 0 Å². The molecule has 0 amide bonds. The van der Waals surface area contributed by atoms with E-state index in [1.54, 1.807) is 7.11 Å². The summed E-state index contributed by atoms with van der Waals surface area (Å²) in [7, 11) is 1.66. The average molecular weight is 247 g/mol. The Bertz CT molecular complexity index is 299. The molecule has 0 spiro atoms. The van der Waals surface area contributed by atoms with Crippen molar-refractivity contribution in [1.82, 2.24) is 0 Å². The van der Waals surface area contributed by atoms with Crippen LogP contribution in [0, 0.1) is 12.7 Å². The van der Waals surface area contributed by atoms with Crippen molar-refractivity contribution in [3.63, 3.8) is 0 Å². The molecule has 0 aliphatic carbocycles. The van der Waals surface area contributed by atoms with Gasteiger partial charge in [0.15, 0.2) is 0 Å². The molecule has 0 radical (unpaired) electrons. The molecule has 0 saturated heterocycles. The Kier molecular flexibility index (Phi) is 3.88. The van der Waals surface area contributed by atoms with Crippen LogP contribution in [-0.2, 0) is 11.2 Å². The largest absolute Gasteiger partial charge is 0.384 e. The molecule has 1 nitrogen and oxygen atoms in total. The molecule has 0 heterocycles. The second-order valence-electron chi connectivity index (χ2n) is 2.94. The molecular weight excluding hydrogens is 235 g/mol. The first-order valence-corrected chi connectivity index (χ1v) is 4.88. The number of hydrogen-bond donors (Lipinski definition) is 0. The molecule has 1 aromatic carbocycles. The first-order valence-electron chi connectivity index (χ1n) is 4.08. The predicted octanol–water partition coefficient (Wildman–Crippen LogP) is 3.09. The van der Waals surface area contributed by atoms with Crippen LogP contribution in [0.15, 0.2) is 16.6 Å². The minimum absolute atomic E-state index is 0.210. The quantitative estimate of drug-likeness (QED) is 0.797. The molecule has 1 rings (SSSR count). The molecule has 72 valence electrons. The molecule has 0 aliphatic heterocycles. The van der Waals surface area contributed by atoms with Crippen molar-refractivity contribution in [1.29, 1.82) is 0 Å². The number of halogens is 2. The van der Waals surface area contributed by atoms with Crippen LogP contribution in [0.3, 0.4) is 0 Å². The summed E-state index contributed by atoms with van der Waals surface area (Å²) in [5.74, 6) is -0.210. The summed E-state index contributed by atoms with van der Waals surface area (Å²) in [5.41, 5.74) is 2.09. The highest BCUT2D eigenvalue weighted by atomic mass is 79.9. The van der Waals surface area contributed by atoms with E-state index in [0.717, 1.165) is 17.5 Å². The lowest BCUT2D eigenvalue weighted by molar-refractivity contribution is 0.202. The number of aryl methyl sites for hydroxylation is 1. The third-order valence-electron chi connectivity index (χ3n) is 1.95. The monoisotopic (exact) mass is 246 g/mol. The zero-order chi connectivity index (χ0) is 9.84. The first kappa shape index (κ1) is 10.7. The van der Waals surface area contributed by atoms with Crippen molar-refractivity contribution in [3.8, 4) is 0 Å². The fourth-order valence-corrected chi connectivity index (χ4v) is 1.56. The summed E-state index contributed by atoms with van der Waals surface area (Å²) >= 11 is 3.16. The first-order chi connectivity index (χ1) is 6.15. The van der Waals surface area contributed by atoms with Crippen LogP contribution < -0.4 is 0 Å². The average Bonchev–Trinajstić information content (AvgIpc) is 2.09. The number of methoxy groups -OCH3 is 1. The van der Waals surface area contributed by atoms with E-state index in [2.05, 4.69) is 15.9 Å². The number of rotatable bonds is 3. The molecule has 3 heteroatoms. The van der Waals surface area contributed by atoms with Gasteiger partial charge in [-0.25, -0.2) is 4.39 Å². The summed E-state index contributed by atoms with van der Waals surface area (Å²) in [4.78, 5) is 0. The molecule has 0 aromatic heterocycles. The summed E-state index contributed by atoms with van der Waals surface area (Å²) in [5, 5.41) is 0. The van der Waals surface area contributed by atoms with E-state index in [-0.39, 0.29) is 5.82 Å². The highest BCUT2D eigenvalue weighted by molar-refractivity contribution is 9.10. The Morgan fingerprint density at radius 1 is 1.46 bits per heavy atom. The molecule has 0 aliphatic rings. The van der Waals surface area contributed by atoms with Crippen molar-refractivity contribution in [2.24, 2.45) is 0 Å². The zero-order valence-electron chi connectivity index (χ0n) is 7.73. The topological polar surface area (TPSA) is 9.23 Å². The Morgan fingerprint density at radius 3 is 2.77 bits per heavy atom. The van der Waals surface area contributed by atoms with Crippen LogP contribution in [-0.4, -0.2) is 13.7 Å². The Morgan fingerprint density at radius 2 is 2.15 bits per heavy atom. The summed E-state index contributed by atoms with van der Waals surface area (Å²) < 4.78 is 18.5. The van der Waals surface area contributed by atoms with Crippen LogP contribution in [0.4, 0.5) is 4.39 Å². The Labute approximate surface area is 86.0 Å². The summed E-state index contributed by atoms with van der Waals surface area (Å²) in [6, 6.07) is 3.35. The van der Waals surface area contributed by atoms with E-state index in [1.807, 2.05) is 13.0 Å². The van der Waals surface area contributed by atoms with Gasteiger partial charge in [-0.1, -0.05) is 0 Å². The van der Waals surface area contributed by atoms with Gasteiger partial charge in [0, 0.05) is 7.11 Å². The van der Waals surface area contributed by atoms with Gasteiger partial charge in [-0.3, -0.25) is 0 Å². The maximum atomic E-state index is 13.0. The molecule has 0 unspecified atom stereocenters. The normalized spacial score (nSPS) is 10.5. The van der Waals surface area contributed by atoms with E-state index in [0.29, 0.717) is 11.1 Å². The van der Waals surface area contributed by atoms with Gasteiger partial charge in [0.1, 0.15) is 5.82 Å². The lowest BCUT2D eigenvalue weighted by Gasteiger charge is -2.06. The SMILES string of the molecule is COCCc1cc(Br)c(F)cc1C. The van der Waals surface area contributed by atoms with Crippen LogP contribution in [0.5, 0.6) is 0 Å². The summed E-state index contributed by atoms with van der Waals surface area (Å²) in [6.45, 7) is 2.57. The highest BCUT2D eigenvalue weighted by Crippen LogP contribution is 2.20. The number of benzene rings is 1. The highest BCUT2D eigenvalue weighted by Gasteiger charge is 2.04. The third kappa shape index (κ3) is 2.78. The minimum Gasteiger partial charge on any atom is -0.384 e. The Balaban J connectivity index is 2.88. The third-order valence-corrected chi connectivity index (χ3v) is 2.56. The molecule has 0 fully saturated rings. The molecular formula is C10H12BrFO. The second kappa shape index (κ2) is 4.72. The van der Waals surface area contributed by atoms with E-state index >= 15 is 0 Å². The van der Waals surface area contributed by atoms with Crippen LogP contribution in [0.25, 0.3) is 0 Å². The Hall–Kier alpha value is -0.410. The van der Waals surface area contributed by atoms with Crippen molar-refractivity contribution in [3.05, 3.63) is 33.5 Å². The van der Waals surface area contributed by atoms with E-state index < -0.39 is 0 Å². The standard InChI is InChI=1S/C10H12BrFO/c1-7-5-10(12)9(11)6-8(7)3-4-13-2/h5-6H,3-4H2,1-2H3. The van der Waals surface area contributed by atoms with Gasteiger partial charge in [0.25, 0.3) is 0 Å². The van der Waals surface area contributed by atoms with Crippen molar-refractivity contribution in [2.45, 2.75) is 13.3 Å². The van der Waals surface area contributed by atoms with Gasteiger partial charge in [-0.15, -0.1) is 0 Å². The predicted molar refractivity (Wildman–Crippen MR) is 54.4 cm³/mol. The van der Waals surface area contributed by atoms with Crippen LogP contribution >= 0.6 is 15.9 Å². The molecule has 0 atom stereocenters. The molecule has 13 heavy (non-hydrogen) atoms. The minimum atomic E-state index is -0.210. The van der Waals surface area contributed by atoms with Crippen LogP contribution in [0.2, 0.25) is 0 Å². The van der Waals surface area contributed by atoms with Crippen molar-refractivity contribution >= 4 is 15.9 Å². The van der Waals surface area contributed by atoms with Crippen molar-refractivity contribution < 1.29 is 9.13 Å². The van der Waals surface area contributed by atoms with Gasteiger partial charge in [-0.2, -0.15) is 0 Å². The number of ether oxygens (including phenoxy) is 1. The fraction of sp³-hybridized carbons (Fsp3) is 0.400.